The molecule has 0 spiro atoms. The molecule has 3 amide bonds. The summed E-state index contributed by atoms with van der Waals surface area (Å²) in [6.07, 6.45) is 9.48. The summed E-state index contributed by atoms with van der Waals surface area (Å²) in [7, 11) is -0.689. The number of halogens is 1. The number of anilines is 2. The molecule has 312 valence electrons. The average Bonchev–Trinajstić information content (AvgIpc) is 3.80. The molecule has 4 aromatic rings. The van der Waals surface area contributed by atoms with Crippen molar-refractivity contribution in [2.24, 2.45) is 0 Å². The van der Waals surface area contributed by atoms with Crippen LogP contribution in [0.3, 0.4) is 0 Å². The van der Waals surface area contributed by atoms with Crippen LogP contribution in [0.1, 0.15) is 72.3 Å². The molecule has 13 nitrogen and oxygen atoms in total. The Morgan fingerprint density at radius 3 is 2.41 bits per heavy atom. The van der Waals surface area contributed by atoms with Crippen LogP contribution in [0.15, 0.2) is 66.7 Å². The van der Waals surface area contributed by atoms with Crippen LogP contribution in [0, 0.1) is 5.82 Å². The predicted octanol–water partition coefficient (Wildman–Crippen LogP) is 5.55. The minimum atomic E-state index is -4.16. The Balaban J connectivity index is 1.18. The highest BCUT2D eigenvalue weighted by molar-refractivity contribution is 7.87. The molecule has 0 atom stereocenters. The Labute approximate surface area is 344 Å². The summed E-state index contributed by atoms with van der Waals surface area (Å²) in [5, 5.41) is 3.67. The quantitative estimate of drug-likeness (QED) is 0.232. The van der Waals surface area contributed by atoms with E-state index < -0.39 is 21.9 Å². The highest BCUT2D eigenvalue weighted by Gasteiger charge is 2.31. The van der Waals surface area contributed by atoms with Crippen LogP contribution in [0.4, 0.5) is 15.8 Å². The summed E-state index contributed by atoms with van der Waals surface area (Å²) in [6, 6.07) is 15.9. The van der Waals surface area contributed by atoms with E-state index in [4.69, 9.17) is 4.74 Å². The molecule has 59 heavy (non-hydrogen) atoms. The Hall–Kier alpha value is -5.25. The van der Waals surface area contributed by atoms with E-state index in [1.807, 2.05) is 17.0 Å². The summed E-state index contributed by atoms with van der Waals surface area (Å²) in [5.74, 6) is -1.14. The van der Waals surface area contributed by atoms with Crippen LogP contribution < -0.4 is 24.6 Å². The summed E-state index contributed by atoms with van der Waals surface area (Å²) < 4.78 is 54.2. The van der Waals surface area contributed by atoms with Crippen molar-refractivity contribution in [2.45, 2.75) is 64.0 Å². The molecule has 3 aliphatic heterocycles. The number of fused-ring (bicyclic) bond motifs is 1. The van der Waals surface area contributed by atoms with E-state index >= 15 is 4.39 Å². The summed E-state index contributed by atoms with van der Waals surface area (Å²) in [4.78, 5) is 46.2. The van der Waals surface area contributed by atoms with Crippen LogP contribution >= 0.6 is 0 Å². The molecule has 1 saturated carbocycles. The molecule has 8 rings (SSSR count). The first kappa shape index (κ1) is 40.5. The zero-order valence-electron chi connectivity index (χ0n) is 33.7. The van der Waals surface area contributed by atoms with Gasteiger partial charge in [0.2, 0.25) is 11.8 Å². The van der Waals surface area contributed by atoms with Gasteiger partial charge >= 0.3 is 10.2 Å². The molecule has 4 aliphatic rings. The summed E-state index contributed by atoms with van der Waals surface area (Å²) in [5.41, 5.74) is 5.15. The molecule has 15 heteroatoms. The van der Waals surface area contributed by atoms with Gasteiger partial charge in [-0.3, -0.25) is 14.4 Å². The number of amides is 3. The van der Waals surface area contributed by atoms with Crippen LogP contribution in [0.5, 0.6) is 5.75 Å². The number of aromatic nitrogens is 1. The Bertz CT molecular complexity index is 2400. The van der Waals surface area contributed by atoms with Gasteiger partial charge in [-0.15, -0.1) is 0 Å². The van der Waals surface area contributed by atoms with Gasteiger partial charge in [-0.2, -0.15) is 12.7 Å². The van der Waals surface area contributed by atoms with E-state index in [9.17, 15) is 22.8 Å². The standard InChI is InChI=1S/C44H52FN7O6S/c1-48-21-23-50(24-22-48)38-17-13-33(51-20-8-11-41(51)54)25-32(38)29-58-34-14-16-35(37(45)27-34)43-42(30-9-4-3-5-10-30)36-15-12-31-26-39(36)52(43)28-40(53)46-18-6-7-19-49(2)59(56,57)47-44(31)55/h6-7,12-17,25-27,30H,3-5,8-11,18-24,28-29H2,1-2H3,(H,46,53)(H,47,55)/b7-6-. The molecule has 1 aliphatic carbocycles. The van der Waals surface area contributed by atoms with Crippen LogP contribution in [-0.4, -0.2) is 99.8 Å². The first-order chi connectivity index (χ1) is 28.5. The van der Waals surface area contributed by atoms with Crippen LogP contribution in [-0.2, 0) is 33.0 Å². The second-order valence-electron chi connectivity index (χ2n) is 16.1. The van der Waals surface area contributed by atoms with Gasteiger partial charge in [0.15, 0.2) is 0 Å². The molecule has 3 fully saturated rings. The lowest BCUT2D eigenvalue weighted by Gasteiger charge is -2.35. The highest BCUT2D eigenvalue weighted by Crippen LogP contribution is 2.45. The van der Waals surface area contributed by atoms with Gasteiger partial charge in [0.1, 0.15) is 24.7 Å². The first-order valence-electron chi connectivity index (χ1n) is 20.6. The minimum Gasteiger partial charge on any atom is -0.489 e. The molecule has 4 heterocycles. The number of piperazine rings is 1. The first-order valence-corrected chi connectivity index (χ1v) is 22.1. The van der Waals surface area contributed by atoms with Gasteiger partial charge in [0, 0.05) is 98.8 Å². The van der Waals surface area contributed by atoms with Crippen molar-refractivity contribution >= 4 is 50.2 Å². The third-order valence-electron chi connectivity index (χ3n) is 12.1. The average molecular weight is 826 g/mol. The van der Waals surface area contributed by atoms with Crippen molar-refractivity contribution in [1.82, 2.24) is 23.8 Å². The van der Waals surface area contributed by atoms with E-state index in [-0.39, 0.29) is 49.5 Å². The smallest absolute Gasteiger partial charge is 0.304 e. The Morgan fingerprint density at radius 1 is 0.864 bits per heavy atom. The van der Waals surface area contributed by atoms with E-state index in [0.717, 1.165) is 96.9 Å². The number of hydrogen-bond acceptors (Lipinski definition) is 8. The maximum atomic E-state index is 16.9. The van der Waals surface area contributed by atoms with Crippen molar-refractivity contribution in [1.29, 1.82) is 0 Å². The number of ether oxygens (including phenoxy) is 1. The largest absolute Gasteiger partial charge is 0.489 e. The third-order valence-corrected chi connectivity index (χ3v) is 13.6. The van der Waals surface area contributed by atoms with Gasteiger partial charge in [-0.25, -0.2) is 9.11 Å². The third kappa shape index (κ3) is 8.59. The Kier molecular flexibility index (Phi) is 11.8. The molecule has 1 aromatic heterocycles. The summed E-state index contributed by atoms with van der Waals surface area (Å²) >= 11 is 0. The Morgan fingerprint density at radius 2 is 1.66 bits per heavy atom. The number of likely N-dealkylation sites (N-methyl/N-ethyl adjacent to an activating group) is 2. The van der Waals surface area contributed by atoms with Crippen LogP contribution in [0.25, 0.3) is 22.2 Å². The van der Waals surface area contributed by atoms with Gasteiger partial charge in [0.05, 0.1) is 11.2 Å². The van der Waals surface area contributed by atoms with E-state index in [1.54, 1.807) is 47.1 Å². The fraction of sp³-hybridized carbons (Fsp3) is 0.432. The molecule has 0 unspecified atom stereocenters. The SMILES string of the molecule is CN1CCN(c2ccc(N3CCCC3=O)cc2COc2ccc(-c3c(C4CCCCC4)c4ccc5cc4n3CC(=O)NC/C=C\CN(C)S(=O)(=O)NC5=O)c(F)c2)CC1. The van der Waals surface area contributed by atoms with Crippen molar-refractivity contribution in [3.8, 4) is 17.0 Å². The van der Waals surface area contributed by atoms with Crippen molar-refractivity contribution < 1.29 is 31.9 Å². The normalized spacial score (nSPS) is 20.7. The number of carbonyl (C=O) groups excluding carboxylic acids is 3. The van der Waals surface area contributed by atoms with Gasteiger partial charge in [-0.05, 0) is 80.3 Å². The maximum absolute atomic E-state index is 16.9. The van der Waals surface area contributed by atoms with Gasteiger partial charge in [-0.1, -0.05) is 37.5 Å². The fourth-order valence-electron chi connectivity index (χ4n) is 8.88. The lowest BCUT2D eigenvalue weighted by Crippen LogP contribution is -2.44. The number of benzene rings is 3. The molecule has 2 saturated heterocycles. The lowest BCUT2D eigenvalue weighted by molar-refractivity contribution is -0.121. The number of nitrogens with one attached hydrogen (secondary N) is 2. The molecule has 2 N–H and O–H groups in total. The minimum absolute atomic E-state index is 0.00512. The van der Waals surface area contributed by atoms with Crippen LogP contribution in [0.2, 0.25) is 0 Å². The monoisotopic (exact) mass is 825 g/mol. The molecular weight excluding hydrogens is 774 g/mol. The number of nitrogens with zero attached hydrogens (tertiary/aromatic N) is 5. The summed E-state index contributed by atoms with van der Waals surface area (Å²) in [6.45, 7) is 4.38. The number of carbonyl (C=O) groups is 3. The van der Waals surface area contributed by atoms with Gasteiger partial charge < -0.3 is 29.3 Å². The predicted molar refractivity (Wildman–Crippen MR) is 226 cm³/mol. The number of rotatable bonds is 7. The zero-order valence-corrected chi connectivity index (χ0v) is 34.5. The van der Waals surface area contributed by atoms with E-state index in [0.29, 0.717) is 35.5 Å². The maximum Gasteiger partial charge on any atom is 0.304 e. The van der Waals surface area contributed by atoms with Crippen molar-refractivity contribution in [3.05, 3.63) is 89.3 Å². The molecule has 0 radical (unpaired) electrons. The van der Waals surface area contributed by atoms with Gasteiger partial charge in [0.25, 0.3) is 5.91 Å². The highest BCUT2D eigenvalue weighted by atomic mass is 32.2. The van der Waals surface area contributed by atoms with Crippen molar-refractivity contribution in [2.75, 3.05) is 69.7 Å². The van der Waals surface area contributed by atoms with E-state index in [2.05, 4.69) is 33.0 Å². The second-order valence-corrected chi connectivity index (χ2v) is 17.9. The molecular formula is C44H52FN7O6S. The fourth-order valence-corrected chi connectivity index (χ4v) is 9.67. The number of hydrogen-bond donors (Lipinski definition) is 2. The molecule has 2 bridgehead atoms. The van der Waals surface area contributed by atoms with E-state index in [1.165, 1.54) is 13.1 Å². The lowest BCUT2D eigenvalue weighted by atomic mass is 9.81. The second kappa shape index (κ2) is 17.2. The molecule has 3 aromatic carbocycles. The van der Waals surface area contributed by atoms with Crippen molar-refractivity contribution in [3.63, 3.8) is 0 Å². The zero-order chi connectivity index (χ0) is 41.3. The topological polar surface area (TPSA) is 137 Å².